The van der Waals surface area contributed by atoms with E-state index < -0.39 is 22.5 Å². The SMILES string of the molecule is Cc1cccc(N(CC(=O)Nc2ccccc2C(=O)NC(C)C)S(C)(=O)=O)c1. The summed E-state index contributed by atoms with van der Waals surface area (Å²) in [5.41, 5.74) is 1.92. The number of nitrogens with zero attached hydrogens (tertiary/aromatic N) is 1. The topological polar surface area (TPSA) is 95.6 Å². The molecule has 7 nitrogen and oxygen atoms in total. The molecule has 2 N–H and O–H groups in total. The van der Waals surface area contributed by atoms with Crippen molar-refractivity contribution in [2.24, 2.45) is 0 Å². The largest absolute Gasteiger partial charge is 0.350 e. The van der Waals surface area contributed by atoms with Gasteiger partial charge >= 0.3 is 0 Å². The fraction of sp³-hybridized carbons (Fsp3) is 0.300. The fourth-order valence-corrected chi connectivity index (χ4v) is 3.48. The number of anilines is 2. The van der Waals surface area contributed by atoms with Crippen molar-refractivity contribution in [3.05, 3.63) is 59.7 Å². The number of carbonyl (C=O) groups is 2. The Labute approximate surface area is 165 Å². The van der Waals surface area contributed by atoms with Gasteiger partial charge in [0.25, 0.3) is 5.91 Å². The summed E-state index contributed by atoms with van der Waals surface area (Å²) in [7, 11) is -3.67. The van der Waals surface area contributed by atoms with E-state index in [2.05, 4.69) is 10.6 Å². The molecule has 0 bridgehead atoms. The summed E-state index contributed by atoms with van der Waals surface area (Å²) in [4.78, 5) is 24.9. The lowest BCUT2D eigenvalue weighted by Crippen LogP contribution is -2.38. The molecule has 2 rings (SSSR count). The zero-order valence-electron chi connectivity index (χ0n) is 16.4. The van der Waals surface area contributed by atoms with Crippen molar-refractivity contribution < 1.29 is 18.0 Å². The lowest BCUT2D eigenvalue weighted by molar-refractivity contribution is -0.114. The number of carbonyl (C=O) groups excluding carboxylic acids is 2. The Morgan fingerprint density at radius 3 is 2.36 bits per heavy atom. The number of hydrogen-bond donors (Lipinski definition) is 2. The average Bonchev–Trinajstić information content (AvgIpc) is 2.58. The van der Waals surface area contributed by atoms with Crippen LogP contribution in [0.3, 0.4) is 0 Å². The molecule has 0 saturated heterocycles. The van der Waals surface area contributed by atoms with Crippen LogP contribution in [0.4, 0.5) is 11.4 Å². The Kier molecular flexibility index (Phi) is 6.80. The first-order valence-electron chi connectivity index (χ1n) is 8.82. The van der Waals surface area contributed by atoms with E-state index in [1.165, 1.54) is 0 Å². The zero-order chi connectivity index (χ0) is 20.9. The second kappa shape index (κ2) is 8.88. The molecule has 0 aromatic heterocycles. The fourth-order valence-electron chi connectivity index (χ4n) is 2.63. The summed E-state index contributed by atoms with van der Waals surface area (Å²) in [6.07, 6.45) is 1.05. The van der Waals surface area contributed by atoms with Gasteiger partial charge in [-0.3, -0.25) is 13.9 Å². The molecule has 0 aliphatic carbocycles. The van der Waals surface area contributed by atoms with Gasteiger partial charge in [-0.2, -0.15) is 0 Å². The predicted molar refractivity (Wildman–Crippen MR) is 111 cm³/mol. The molecule has 2 aromatic rings. The van der Waals surface area contributed by atoms with Crippen molar-refractivity contribution >= 4 is 33.2 Å². The molecule has 0 spiro atoms. The van der Waals surface area contributed by atoms with Gasteiger partial charge in [-0.15, -0.1) is 0 Å². The van der Waals surface area contributed by atoms with Crippen molar-refractivity contribution in [2.45, 2.75) is 26.8 Å². The van der Waals surface area contributed by atoms with E-state index in [1.54, 1.807) is 42.5 Å². The maximum absolute atomic E-state index is 12.6. The third-order valence-corrected chi connectivity index (χ3v) is 4.98. The third-order valence-electron chi connectivity index (χ3n) is 3.84. The van der Waals surface area contributed by atoms with Crippen molar-refractivity contribution in [1.82, 2.24) is 5.32 Å². The Balaban J connectivity index is 2.24. The van der Waals surface area contributed by atoms with Crippen molar-refractivity contribution in [2.75, 3.05) is 22.4 Å². The highest BCUT2D eigenvalue weighted by molar-refractivity contribution is 7.92. The smallest absolute Gasteiger partial charge is 0.253 e. The molecule has 0 fully saturated rings. The molecule has 0 radical (unpaired) electrons. The van der Waals surface area contributed by atoms with Gasteiger partial charge in [-0.05, 0) is 50.6 Å². The number of hydrogen-bond acceptors (Lipinski definition) is 4. The zero-order valence-corrected chi connectivity index (χ0v) is 17.2. The van der Waals surface area contributed by atoms with Crippen LogP contribution in [0.2, 0.25) is 0 Å². The molecule has 0 saturated carbocycles. The van der Waals surface area contributed by atoms with Crippen LogP contribution in [-0.4, -0.2) is 39.1 Å². The summed E-state index contributed by atoms with van der Waals surface area (Å²) in [6, 6.07) is 13.4. The number of para-hydroxylation sites is 1. The highest BCUT2D eigenvalue weighted by Gasteiger charge is 2.22. The molecule has 8 heteroatoms. The summed E-state index contributed by atoms with van der Waals surface area (Å²) in [5.74, 6) is -0.860. The number of nitrogens with one attached hydrogen (secondary N) is 2. The van der Waals surface area contributed by atoms with Gasteiger partial charge < -0.3 is 10.6 Å². The monoisotopic (exact) mass is 403 g/mol. The number of sulfonamides is 1. The minimum Gasteiger partial charge on any atom is -0.350 e. The third kappa shape index (κ3) is 5.82. The molecule has 0 heterocycles. The molecule has 2 amide bonds. The normalized spacial score (nSPS) is 11.2. The molecule has 0 atom stereocenters. The van der Waals surface area contributed by atoms with Crippen LogP contribution in [0.15, 0.2) is 48.5 Å². The molecular formula is C20H25N3O4S. The Bertz CT molecular complexity index is 971. The van der Waals surface area contributed by atoms with E-state index in [4.69, 9.17) is 0 Å². The lowest BCUT2D eigenvalue weighted by Gasteiger charge is -2.22. The van der Waals surface area contributed by atoms with E-state index in [0.29, 0.717) is 16.9 Å². The minimum absolute atomic E-state index is 0.0571. The molecule has 0 aliphatic heterocycles. The first-order valence-corrected chi connectivity index (χ1v) is 10.7. The van der Waals surface area contributed by atoms with Crippen LogP contribution in [0, 0.1) is 6.92 Å². The standard InChI is InChI=1S/C20H25N3O4S/c1-14(2)21-20(25)17-10-5-6-11-18(17)22-19(24)13-23(28(4,26)27)16-9-7-8-15(3)12-16/h5-12,14H,13H2,1-4H3,(H,21,25)(H,22,24). The average molecular weight is 404 g/mol. The molecular weight excluding hydrogens is 378 g/mol. The van der Waals surface area contributed by atoms with Crippen LogP contribution in [-0.2, 0) is 14.8 Å². The number of amides is 2. The molecule has 0 aliphatic rings. The van der Waals surface area contributed by atoms with Crippen molar-refractivity contribution in [3.8, 4) is 0 Å². The highest BCUT2D eigenvalue weighted by Crippen LogP contribution is 2.20. The molecule has 0 unspecified atom stereocenters. The van der Waals surface area contributed by atoms with Crippen LogP contribution >= 0.6 is 0 Å². The molecule has 28 heavy (non-hydrogen) atoms. The summed E-state index contributed by atoms with van der Waals surface area (Å²) < 4.78 is 25.5. The maximum Gasteiger partial charge on any atom is 0.253 e. The Morgan fingerprint density at radius 2 is 1.75 bits per heavy atom. The van der Waals surface area contributed by atoms with E-state index in [0.717, 1.165) is 16.1 Å². The van der Waals surface area contributed by atoms with Gasteiger partial charge in [0.2, 0.25) is 15.9 Å². The van der Waals surface area contributed by atoms with Crippen LogP contribution < -0.4 is 14.9 Å². The quantitative estimate of drug-likeness (QED) is 0.743. The van der Waals surface area contributed by atoms with Gasteiger partial charge in [0.1, 0.15) is 6.54 Å². The van der Waals surface area contributed by atoms with Crippen LogP contribution in [0.25, 0.3) is 0 Å². The summed E-state index contributed by atoms with van der Waals surface area (Å²) in [6.45, 7) is 5.12. The van der Waals surface area contributed by atoms with Crippen molar-refractivity contribution in [1.29, 1.82) is 0 Å². The number of benzene rings is 2. The second-order valence-electron chi connectivity index (χ2n) is 6.83. The van der Waals surface area contributed by atoms with Gasteiger partial charge in [0, 0.05) is 6.04 Å². The van der Waals surface area contributed by atoms with Gasteiger partial charge in [0.05, 0.1) is 23.2 Å². The van der Waals surface area contributed by atoms with E-state index in [1.807, 2.05) is 26.8 Å². The van der Waals surface area contributed by atoms with Gasteiger partial charge in [-0.1, -0.05) is 24.3 Å². The van der Waals surface area contributed by atoms with Crippen LogP contribution in [0.1, 0.15) is 29.8 Å². The second-order valence-corrected chi connectivity index (χ2v) is 8.74. The van der Waals surface area contributed by atoms with E-state index in [-0.39, 0.29) is 11.9 Å². The first-order chi connectivity index (χ1) is 13.1. The first kappa shape index (κ1) is 21.4. The number of rotatable bonds is 7. The summed E-state index contributed by atoms with van der Waals surface area (Å²) in [5, 5.41) is 5.42. The molecule has 2 aromatic carbocycles. The predicted octanol–water partition coefficient (Wildman–Crippen LogP) is 2.54. The minimum atomic E-state index is -3.67. The Hall–Kier alpha value is -2.87. The maximum atomic E-state index is 12.6. The summed E-state index contributed by atoms with van der Waals surface area (Å²) >= 11 is 0. The van der Waals surface area contributed by atoms with Gasteiger partial charge in [-0.25, -0.2) is 8.42 Å². The number of aryl methyl sites for hydroxylation is 1. The van der Waals surface area contributed by atoms with E-state index >= 15 is 0 Å². The van der Waals surface area contributed by atoms with E-state index in [9.17, 15) is 18.0 Å². The van der Waals surface area contributed by atoms with Gasteiger partial charge in [0.15, 0.2) is 0 Å². The lowest BCUT2D eigenvalue weighted by atomic mass is 10.1. The molecule has 150 valence electrons. The Morgan fingerprint density at radius 1 is 1.07 bits per heavy atom. The van der Waals surface area contributed by atoms with Crippen LogP contribution in [0.5, 0.6) is 0 Å². The van der Waals surface area contributed by atoms with Crippen molar-refractivity contribution in [3.63, 3.8) is 0 Å². The highest BCUT2D eigenvalue weighted by atomic mass is 32.2.